The number of aryl methyl sites for hydroxylation is 2. The minimum atomic E-state index is -0.911. The van der Waals surface area contributed by atoms with Crippen molar-refractivity contribution in [3.8, 4) is 0 Å². The van der Waals surface area contributed by atoms with Crippen molar-refractivity contribution < 1.29 is 14.7 Å². The minimum Gasteiger partial charge on any atom is -0.481 e. The molecule has 0 aromatic heterocycles. The molecule has 0 radical (unpaired) electrons. The standard InChI is InChI=1S/C16H21NO3S/c1-16(2,9-15(19)20)17-14(18)10-21-13-7-6-11-4-3-5-12(11)8-13/h6-8H,3-5,9-10H2,1-2H3,(H,17,18)(H,19,20). The van der Waals surface area contributed by atoms with Crippen LogP contribution in [0.25, 0.3) is 0 Å². The van der Waals surface area contributed by atoms with Crippen LogP contribution in [0.3, 0.4) is 0 Å². The largest absolute Gasteiger partial charge is 0.481 e. The van der Waals surface area contributed by atoms with Gasteiger partial charge in [-0.2, -0.15) is 0 Å². The molecule has 0 saturated heterocycles. The van der Waals surface area contributed by atoms with E-state index in [-0.39, 0.29) is 12.3 Å². The molecule has 0 saturated carbocycles. The van der Waals surface area contributed by atoms with Crippen molar-refractivity contribution in [3.63, 3.8) is 0 Å². The Bertz CT molecular complexity index is 554. The van der Waals surface area contributed by atoms with Gasteiger partial charge in [0.05, 0.1) is 12.2 Å². The van der Waals surface area contributed by atoms with E-state index >= 15 is 0 Å². The lowest BCUT2D eigenvalue weighted by atomic mass is 10.0. The first-order valence-electron chi connectivity index (χ1n) is 7.13. The first kappa shape index (κ1) is 15.9. The van der Waals surface area contributed by atoms with Gasteiger partial charge in [-0.25, -0.2) is 0 Å². The number of carboxylic acids is 1. The first-order valence-corrected chi connectivity index (χ1v) is 8.12. The van der Waals surface area contributed by atoms with Crippen LogP contribution in [0, 0.1) is 0 Å². The minimum absolute atomic E-state index is 0.0811. The number of carbonyl (C=O) groups is 2. The predicted octanol–water partition coefficient (Wildman–Crippen LogP) is 2.64. The zero-order valence-electron chi connectivity index (χ0n) is 12.4. The summed E-state index contributed by atoms with van der Waals surface area (Å²) in [6.07, 6.45) is 3.42. The van der Waals surface area contributed by atoms with E-state index < -0.39 is 11.5 Å². The number of rotatable bonds is 6. The van der Waals surface area contributed by atoms with Gasteiger partial charge in [-0.05, 0) is 56.4 Å². The summed E-state index contributed by atoms with van der Waals surface area (Å²) in [5, 5.41) is 11.6. The number of aliphatic carboxylic acids is 1. The van der Waals surface area contributed by atoms with E-state index in [1.165, 1.54) is 29.3 Å². The number of hydrogen-bond acceptors (Lipinski definition) is 3. The van der Waals surface area contributed by atoms with Gasteiger partial charge in [-0.3, -0.25) is 9.59 Å². The van der Waals surface area contributed by atoms with Crippen LogP contribution in [0.2, 0.25) is 0 Å². The number of hydrogen-bond donors (Lipinski definition) is 2. The molecule has 0 bridgehead atoms. The summed E-state index contributed by atoms with van der Waals surface area (Å²) in [5.41, 5.74) is 2.10. The fourth-order valence-electron chi connectivity index (χ4n) is 2.62. The summed E-state index contributed by atoms with van der Waals surface area (Å²) in [7, 11) is 0. The van der Waals surface area contributed by atoms with Crippen LogP contribution < -0.4 is 5.32 Å². The number of amides is 1. The molecule has 0 unspecified atom stereocenters. The number of thioether (sulfide) groups is 1. The van der Waals surface area contributed by atoms with Crippen LogP contribution in [-0.4, -0.2) is 28.3 Å². The summed E-state index contributed by atoms with van der Waals surface area (Å²) in [6.45, 7) is 3.44. The summed E-state index contributed by atoms with van der Waals surface area (Å²) < 4.78 is 0. The molecule has 114 valence electrons. The molecular weight excluding hydrogens is 286 g/mol. The molecule has 2 rings (SSSR count). The van der Waals surface area contributed by atoms with Crippen molar-refractivity contribution in [2.24, 2.45) is 0 Å². The molecule has 1 aliphatic carbocycles. The van der Waals surface area contributed by atoms with E-state index in [4.69, 9.17) is 5.11 Å². The Morgan fingerprint density at radius 1 is 1.29 bits per heavy atom. The Morgan fingerprint density at radius 3 is 2.71 bits per heavy atom. The predicted molar refractivity (Wildman–Crippen MR) is 83.7 cm³/mol. The quantitative estimate of drug-likeness (QED) is 0.793. The molecule has 1 amide bonds. The second kappa shape index (κ2) is 6.52. The van der Waals surface area contributed by atoms with Crippen molar-refractivity contribution in [1.29, 1.82) is 0 Å². The number of benzene rings is 1. The lowest BCUT2D eigenvalue weighted by Gasteiger charge is -2.24. The Hall–Kier alpha value is -1.49. The van der Waals surface area contributed by atoms with E-state index in [0.717, 1.165) is 17.7 Å². The van der Waals surface area contributed by atoms with Crippen LogP contribution in [0.4, 0.5) is 0 Å². The van der Waals surface area contributed by atoms with E-state index in [1.807, 2.05) is 0 Å². The molecule has 5 heteroatoms. The summed E-state index contributed by atoms with van der Waals surface area (Å²) in [5.74, 6) is -0.736. The molecule has 21 heavy (non-hydrogen) atoms. The smallest absolute Gasteiger partial charge is 0.305 e. The van der Waals surface area contributed by atoms with E-state index in [2.05, 4.69) is 23.5 Å². The number of carbonyl (C=O) groups excluding carboxylic acids is 1. The van der Waals surface area contributed by atoms with Crippen LogP contribution in [-0.2, 0) is 22.4 Å². The first-order chi connectivity index (χ1) is 9.85. The summed E-state index contributed by atoms with van der Waals surface area (Å²) in [6, 6.07) is 6.38. The molecular formula is C16H21NO3S. The summed E-state index contributed by atoms with van der Waals surface area (Å²) >= 11 is 1.49. The molecule has 1 aliphatic rings. The van der Waals surface area contributed by atoms with Gasteiger partial charge < -0.3 is 10.4 Å². The highest BCUT2D eigenvalue weighted by Crippen LogP contribution is 2.27. The number of nitrogens with one attached hydrogen (secondary N) is 1. The van der Waals surface area contributed by atoms with E-state index in [9.17, 15) is 9.59 Å². The fraction of sp³-hybridized carbons (Fsp3) is 0.500. The Morgan fingerprint density at radius 2 is 2.00 bits per heavy atom. The van der Waals surface area contributed by atoms with Gasteiger partial charge in [-0.15, -0.1) is 11.8 Å². The molecule has 0 fully saturated rings. The molecule has 0 atom stereocenters. The van der Waals surface area contributed by atoms with Crippen molar-refractivity contribution in [2.75, 3.05) is 5.75 Å². The van der Waals surface area contributed by atoms with Gasteiger partial charge in [0, 0.05) is 10.4 Å². The number of fused-ring (bicyclic) bond motifs is 1. The normalized spacial score (nSPS) is 13.8. The molecule has 0 spiro atoms. The molecule has 4 nitrogen and oxygen atoms in total. The zero-order chi connectivity index (χ0) is 15.5. The van der Waals surface area contributed by atoms with Crippen LogP contribution in [0.1, 0.15) is 37.8 Å². The lowest BCUT2D eigenvalue weighted by molar-refractivity contribution is -0.138. The molecule has 1 aromatic rings. The molecule has 2 N–H and O–H groups in total. The van der Waals surface area contributed by atoms with E-state index in [0.29, 0.717) is 5.75 Å². The van der Waals surface area contributed by atoms with Gasteiger partial charge in [0.15, 0.2) is 0 Å². The maximum atomic E-state index is 11.9. The fourth-order valence-corrected chi connectivity index (χ4v) is 3.38. The average molecular weight is 307 g/mol. The highest BCUT2D eigenvalue weighted by atomic mass is 32.2. The van der Waals surface area contributed by atoms with Crippen molar-refractivity contribution in [3.05, 3.63) is 29.3 Å². The van der Waals surface area contributed by atoms with Crippen molar-refractivity contribution in [1.82, 2.24) is 5.32 Å². The number of carboxylic acid groups (broad SMARTS) is 1. The van der Waals surface area contributed by atoms with Gasteiger partial charge in [-0.1, -0.05) is 6.07 Å². The van der Waals surface area contributed by atoms with Crippen LogP contribution in [0.5, 0.6) is 0 Å². The molecule has 1 aromatic carbocycles. The second-order valence-corrected chi connectivity index (χ2v) is 7.12. The maximum Gasteiger partial charge on any atom is 0.305 e. The maximum absolute atomic E-state index is 11.9. The second-order valence-electron chi connectivity index (χ2n) is 6.08. The van der Waals surface area contributed by atoms with Gasteiger partial charge >= 0.3 is 5.97 Å². The van der Waals surface area contributed by atoms with Crippen molar-refractivity contribution >= 4 is 23.6 Å². The Kier molecular flexibility index (Phi) is 4.93. The molecule has 0 heterocycles. The SMILES string of the molecule is CC(C)(CC(=O)O)NC(=O)CSc1ccc2c(c1)CCC2. The average Bonchev–Trinajstić information content (AvgIpc) is 2.81. The van der Waals surface area contributed by atoms with E-state index in [1.54, 1.807) is 13.8 Å². The van der Waals surface area contributed by atoms with Crippen LogP contribution in [0.15, 0.2) is 23.1 Å². The third-order valence-electron chi connectivity index (χ3n) is 3.51. The monoisotopic (exact) mass is 307 g/mol. The topological polar surface area (TPSA) is 66.4 Å². The van der Waals surface area contributed by atoms with Gasteiger partial charge in [0.1, 0.15) is 0 Å². The van der Waals surface area contributed by atoms with Gasteiger partial charge in [0.2, 0.25) is 5.91 Å². The lowest BCUT2D eigenvalue weighted by Crippen LogP contribution is -2.45. The third-order valence-corrected chi connectivity index (χ3v) is 4.50. The Labute approximate surface area is 129 Å². The van der Waals surface area contributed by atoms with Gasteiger partial charge in [0.25, 0.3) is 0 Å². The van der Waals surface area contributed by atoms with Crippen molar-refractivity contribution in [2.45, 2.75) is 50.0 Å². The van der Waals surface area contributed by atoms with Crippen LogP contribution >= 0.6 is 11.8 Å². The summed E-state index contributed by atoms with van der Waals surface area (Å²) in [4.78, 5) is 23.7. The third kappa shape index (κ3) is 4.77. The highest BCUT2D eigenvalue weighted by molar-refractivity contribution is 8.00. The Balaban J connectivity index is 1.85. The zero-order valence-corrected chi connectivity index (χ0v) is 13.3. The highest BCUT2D eigenvalue weighted by Gasteiger charge is 2.23. The molecule has 0 aliphatic heterocycles.